The van der Waals surface area contributed by atoms with E-state index in [2.05, 4.69) is 12.2 Å². The summed E-state index contributed by atoms with van der Waals surface area (Å²) in [6.45, 7) is 0. The zero-order chi connectivity index (χ0) is 21.3. The van der Waals surface area contributed by atoms with Gasteiger partial charge < -0.3 is 14.2 Å². The molecule has 0 saturated carbocycles. The maximum absolute atomic E-state index is 12.9. The number of allylic oxidation sites excluding steroid dienone is 6. The van der Waals surface area contributed by atoms with Crippen LogP contribution in [0, 0.1) is 11.8 Å². The molecular weight excluding hydrogens is 408 g/mol. The molecule has 3 aliphatic carbocycles. The van der Waals surface area contributed by atoms with E-state index < -0.39 is 18.2 Å². The van der Waals surface area contributed by atoms with Crippen molar-refractivity contribution in [3.8, 4) is 0 Å². The Morgan fingerprint density at radius 2 is 1.22 bits per heavy atom. The molecule has 4 heterocycles. The molecule has 0 amide bonds. The van der Waals surface area contributed by atoms with E-state index in [4.69, 9.17) is 14.2 Å². The van der Waals surface area contributed by atoms with Crippen molar-refractivity contribution in [2.24, 2.45) is 11.8 Å². The Hall–Kier alpha value is -3.77. The van der Waals surface area contributed by atoms with E-state index in [0.29, 0.717) is 28.5 Å². The van der Waals surface area contributed by atoms with Crippen LogP contribution in [0.15, 0.2) is 59.7 Å². The number of benzene rings is 2. The fourth-order valence-corrected chi connectivity index (χ4v) is 6.21. The summed E-state index contributed by atoms with van der Waals surface area (Å²) >= 11 is 0. The monoisotopic (exact) mass is 422 g/mol. The second-order valence-electron chi connectivity index (χ2n) is 8.93. The van der Waals surface area contributed by atoms with Gasteiger partial charge in [0.2, 0.25) is 6.29 Å². The molecule has 154 valence electrons. The van der Waals surface area contributed by atoms with Gasteiger partial charge in [0.05, 0.1) is 17.2 Å². The van der Waals surface area contributed by atoms with Gasteiger partial charge in [0.15, 0.2) is 0 Å². The zero-order valence-electron chi connectivity index (χ0n) is 16.6. The van der Waals surface area contributed by atoms with Gasteiger partial charge in [0.1, 0.15) is 0 Å². The molecule has 32 heavy (non-hydrogen) atoms. The fraction of sp³-hybridized carbons (Fsp3) is 0.192. The Kier molecular flexibility index (Phi) is 2.81. The second-order valence-corrected chi connectivity index (χ2v) is 8.93. The van der Waals surface area contributed by atoms with E-state index in [1.807, 2.05) is 24.3 Å². The normalized spacial score (nSPS) is 30.4. The number of carbonyl (C=O) groups excluding carboxylic acids is 3. The fourth-order valence-electron chi connectivity index (χ4n) is 6.21. The molecule has 4 unspecified atom stereocenters. The maximum atomic E-state index is 12.9. The Balaban J connectivity index is 1.48. The lowest BCUT2D eigenvalue weighted by molar-refractivity contribution is -0.242. The Bertz CT molecular complexity index is 1470. The topological polar surface area (TPSA) is 78.9 Å². The molecule has 6 heteroatoms. The van der Waals surface area contributed by atoms with Crippen LogP contribution in [0.1, 0.15) is 38.3 Å². The van der Waals surface area contributed by atoms with E-state index >= 15 is 0 Å². The first-order chi connectivity index (χ1) is 15.6. The first-order valence-corrected chi connectivity index (χ1v) is 10.7. The van der Waals surface area contributed by atoms with Gasteiger partial charge in [-0.15, -0.1) is 0 Å². The Labute approximate surface area is 181 Å². The van der Waals surface area contributed by atoms with Crippen molar-refractivity contribution < 1.29 is 28.6 Å². The van der Waals surface area contributed by atoms with Gasteiger partial charge in [-0.1, -0.05) is 36.4 Å². The summed E-state index contributed by atoms with van der Waals surface area (Å²) in [6, 6.07) is 7.33. The third-order valence-electron chi connectivity index (χ3n) is 7.57. The summed E-state index contributed by atoms with van der Waals surface area (Å²) in [5, 5.41) is 1.54. The number of ether oxygens (including phenoxy) is 3. The minimum Gasteiger partial charge on any atom is -0.432 e. The largest absolute Gasteiger partial charge is 0.432 e. The molecule has 2 aromatic carbocycles. The second kappa shape index (κ2) is 5.34. The van der Waals surface area contributed by atoms with E-state index in [0.717, 1.165) is 33.2 Å². The van der Waals surface area contributed by atoms with Crippen LogP contribution in [0.3, 0.4) is 0 Å². The van der Waals surface area contributed by atoms with Crippen LogP contribution in [0.4, 0.5) is 0 Å². The number of fused-ring (bicyclic) bond motifs is 3. The van der Waals surface area contributed by atoms with Crippen LogP contribution in [0.25, 0.3) is 21.9 Å². The third kappa shape index (κ3) is 1.80. The highest BCUT2D eigenvalue weighted by Gasteiger charge is 2.51. The molecule has 4 aliphatic heterocycles. The minimum atomic E-state index is -0.618. The molecule has 2 aromatic rings. The molecule has 6 nitrogen and oxygen atoms in total. The van der Waals surface area contributed by atoms with Crippen molar-refractivity contribution in [3.63, 3.8) is 0 Å². The number of cyclic esters (lactones) is 2. The third-order valence-corrected chi connectivity index (χ3v) is 7.57. The summed E-state index contributed by atoms with van der Waals surface area (Å²) in [7, 11) is 0. The zero-order valence-corrected chi connectivity index (χ0v) is 16.6. The van der Waals surface area contributed by atoms with Gasteiger partial charge in [-0.25, -0.2) is 14.4 Å². The summed E-state index contributed by atoms with van der Waals surface area (Å²) < 4.78 is 16.3. The number of carbonyl (C=O) groups is 3. The van der Waals surface area contributed by atoms with Crippen LogP contribution < -0.4 is 0 Å². The average Bonchev–Trinajstić information content (AvgIpc) is 2.76. The first-order valence-electron chi connectivity index (χ1n) is 10.7. The summed E-state index contributed by atoms with van der Waals surface area (Å²) in [5.74, 6) is -1.78. The average molecular weight is 422 g/mol. The molecule has 3 fully saturated rings. The molecule has 3 saturated heterocycles. The lowest BCUT2D eigenvalue weighted by Crippen LogP contribution is -2.49. The highest BCUT2D eigenvalue weighted by molar-refractivity contribution is 6.25. The van der Waals surface area contributed by atoms with Crippen LogP contribution >= 0.6 is 0 Å². The van der Waals surface area contributed by atoms with Crippen LogP contribution in [-0.2, 0) is 19.0 Å². The Morgan fingerprint density at radius 3 is 1.91 bits per heavy atom. The van der Waals surface area contributed by atoms with Crippen LogP contribution in [0.5, 0.6) is 0 Å². The number of rotatable bonds is 0. The predicted molar refractivity (Wildman–Crippen MR) is 112 cm³/mol. The first kappa shape index (κ1) is 16.9. The molecule has 4 atom stereocenters. The highest BCUT2D eigenvalue weighted by atomic mass is 16.7. The smallest absolute Gasteiger partial charge is 0.346 e. The van der Waals surface area contributed by atoms with E-state index in [9.17, 15) is 14.4 Å². The predicted octanol–water partition coefficient (Wildman–Crippen LogP) is 3.72. The maximum Gasteiger partial charge on any atom is 0.346 e. The summed E-state index contributed by atoms with van der Waals surface area (Å²) in [5.41, 5.74) is 6.67. The molecule has 9 rings (SSSR count). The molecule has 7 aliphatic rings. The minimum absolute atomic E-state index is 0.0530. The van der Waals surface area contributed by atoms with E-state index in [1.165, 1.54) is 0 Å². The van der Waals surface area contributed by atoms with Crippen LogP contribution in [0.2, 0.25) is 0 Å². The highest BCUT2D eigenvalue weighted by Crippen LogP contribution is 2.58. The molecule has 0 aromatic heterocycles. The van der Waals surface area contributed by atoms with Gasteiger partial charge in [0.25, 0.3) is 0 Å². The number of esters is 3. The van der Waals surface area contributed by atoms with Crippen molar-refractivity contribution in [3.05, 3.63) is 82.0 Å². The van der Waals surface area contributed by atoms with E-state index in [1.54, 1.807) is 12.1 Å². The summed E-state index contributed by atoms with van der Waals surface area (Å²) in [6.07, 6.45) is 8.19. The molecule has 0 N–H and O–H groups in total. The van der Waals surface area contributed by atoms with Gasteiger partial charge in [-0.2, -0.15) is 0 Å². The van der Waals surface area contributed by atoms with E-state index in [-0.39, 0.29) is 23.9 Å². The van der Waals surface area contributed by atoms with Crippen molar-refractivity contribution in [1.82, 2.24) is 0 Å². The quantitative estimate of drug-likeness (QED) is 0.476. The number of hydrogen-bond acceptors (Lipinski definition) is 6. The van der Waals surface area contributed by atoms with Gasteiger partial charge in [0, 0.05) is 29.2 Å². The SMILES string of the molecule is O=C1OC2CC(O2)C2=CC=C3c4ccc5c6c(ccc(c46)C4=CC=C1C2C43)C(=O)OC5=O. The van der Waals surface area contributed by atoms with Crippen molar-refractivity contribution >= 4 is 39.8 Å². The number of hydrogen-bond donors (Lipinski definition) is 0. The molecule has 0 spiro atoms. The van der Waals surface area contributed by atoms with Gasteiger partial charge in [-0.05, 0) is 45.4 Å². The van der Waals surface area contributed by atoms with Crippen molar-refractivity contribution in [2.45, 2.75) is 18.8 Å². The van der Waals surface area contributed by atoms with Crippen molar-refractivity contribution in [2.75, 3.05) is 0 Å². The lowest BCUT2D eigenvalue weighted by atomic mass is 9.60. The molecule has 0 radical (unpaired) electrons. The van der Waals surface area contributed by atoms with Crippen molar-refractivity contribution in [1.29, 1.82) is 0 Å². The van der Waals surface area contributed by atoms with Gasteiger partial charge in [-0.3, -0.25) is 0 Å². The standard InChI is InChI=1S/C26H14O6/c27-24-15-6-2-11-13-4-8-17-23-16(25(28)32-26(17)29)7-3-12(21(13)23)10-1-5-14(22(15)20(10)11)18-9-19(30-18)31-24/h1-8,18-20,22H,9H2. The summed E-state index contributed by atoms with van der Waals surface area (Å²) in [4.78, 5) is 37.8. The Morgan fingerprint density at radius 1 is 0.656 bits per heavy atom. The molecule has 2 bridgehead atoms. The van der Waals surface area contributed by atoms with Gasteiger partial charge >= 0.3 is 17.9 Å². The van der Waals surface area contributed by atoms with Crippen LogP contribution in [-0.4, -0.2) is 30.3 Å². The molecular formula is C26H14O6. The lowest BCUT2D eigenvalue weighted by Gasteiger charge is -2.48.